The van der Waals surface area contributed by atoms with E-state index in [1.807, 2.05) is 24.3 Å². The Kier molecular flexibility index (Phi) is 3.84. The zero-order valence-electron chi connectivity index (χ0n) is 9.88. The van der Waals surface area contributed by atoms with Gasteiger partial charge in [0.15, 0.2) is 5.38 Å². The lowest BCUT2D eigenvalue weighted by molar-refractivity contribution is -0.136. The fraction of sp³-hybridized carbons (Fsp3) is 0.0667. The standard InChI is InChI=1S/C15H10ClNO2/c16-14(15(18)19)13-7-5-12(6-8-13)11-3-1-10(9-17)2-4-11/h1-8,14H,(H,18,19). The topological polar surface area (TPSA) is 61.1 Å². The molecule has 0 bridgehead atoms. The maximum atomic E-state index is 10.8. The van der Waals surface area contributed by atoms with Gasteiger partial charge in [0.25, 0.3) is 0 Å². The second-order valence-electron chi connectivity index (χ2n) is 4.01. The number of nitriles is 1. The van der Waals surface area contributed by atoms with E-state index < -0.39 is 11.3 Å². The van der Waals surface area contributed by atoms with Crippen molar-refractivity contribution in [2.45, 2.75) is 5.38 Å². The number of carbonyl (C=O) groups is 1. The van der Waals surface area contributed by atoms with E-state index in [1.165, 1.54) is 0 Å². The first-order chi connectivity index (χ1) is 9.11. The van der Waals surface area contributed by atoms with E-state index in [0.29, 0.717) is 11.1 Å². The van der Waals surface area contributed by atoms with Crippen molar-refractivity contribution >= 4 is 17.6 Å². The van der Waals surface area contributed by atoms with Gasteiger partial charge in [0.1, 0.15) is 0 Å². The van der Waals surface area contributed by atoms with Gasteiger partial charge in [0.2, 0.25) is 0 Å². The van der Waals surface area contributed by atoms with Crippen molar-refractivity contribution in [1.82, 2.24) is 0 Å². The van der Waals surface area contributed by atoms with Crippen molar-refractivity contribution in [2.24, 2.45) is 0 Å². The Labute approximate surface area is 115 Å². The molecule has 94 valence electrons. The molecule has 2 aromatic rings. The van der Waals surface area contributed by atoms with Crippen molar-refractivity contribution in [1.29, 1.82) is 5.26 Å². The highest BCUT2D eigenvalue weighted by Crippen LogP contribution is 2.25. The summed E-state index contributed by atoms with van der Waals surface area (Å²) in [6.07, 6.45) is 0. The average Bonchev–Trinajstić information content (AvgIpc) is 2.46. The number of hydrogen-bond donors (Lipinski definition) is 1. The number of rotatable bonds is 3. The van der Waals surface area contributed by atoms with Gasteiger partial charge in [-0.2, -0.15) is 5.26 Å². The van der Waals surface area contributed by atoms with Crippen molar-refractivity contribution in [2.75, 3.05) is 0 Å². The monoisotopic (exact) mass is 271 g/mol. The number of carboxylic acids is 1. The van der Waals surface area contributed by atoms with Crippen LogP contribution in [0.4, 0.5) is 0 Å². The lowest BCUT2D eigenvalue weighted by Gasteiger charge is -2.06. The molecule has 1 atom stereocenters. The summed E-state index contributed by atoms with van der Waals surface area (Å²) >= 11 is 5.74. The number of alkyl halides is 1. The number of nitrogens with zero attached hydrogens (tertiary/aromatic N) is 1. The predicted octanol–water partition coefficient (Wildman–Crippen LogP) is 3.59. The van der Waals surface area contributed by atoms with E-state index in [1.54, 1.807) is 24.3 Å². The predicted molar refractivity (Wildman–Crippen MR) is 72.8 cm³/mol. The molecule has 1 N–H and O–H groups in total. The van der Waals surface area contributed by atoms with E-state index in [-0.39, 0.29) is 0 Å². The molecule has 0 fully saturated rings. The van der Waals surface area contributed by atoms with Gasteiger partial charge in [-0.05, 0) is 28.8 Å². The molecule has 0 aromatic heterocycles. The minimum Gasteiger partial charge on any atom is -0.480 e. The molecular formula is C15H10ClNO2. The van der Waals surface area contributed by atoms with Crippen LogP contribution in [-0.4, -0.2) is 11.1 Å². The van der Waals surface area contributed by atoms with Gasteiger partial charge in [-0.3, -0.25) is 4.79 Å². The Morgan fingerprint density at radius 1 is 1.05 bits per heavy atom. The highest BCUT2D eigenvalue weighted by atomic mass is 35.5. The Hall–Kier alpha value is -2.31. The summed E-state index contributed by atoms with van der Waals surface area (Å²) in [5.74, 6) is -1.06. The molecule has 1 unspecified atom stereocenters. The average molecular weight is 272 g/mol. The third-order valence-corrected chi connectivity index (χ3v) is 3.21. The van der Waals surface area contributed by atoms with Gasteiger partial charge >= 0.3 is 5.97 Å². The van der Waals surface area contributed by atoms with Crippen LogP contribution in [0.25, 0.3) is 11.1 Å². The molecule has 0 saturated carbocycles. The van der Waals surface area contributed by atoms with Crippen molar-refractivity contribution in [3.05, 3.63) is 59.7 Å². The van der Waals surface area contributed by atoms with Gasteiger partial charge in [0.05, 0.1) is 11.6 Å². The summed E-state index contributed by atoms with van der Waals surface area (Å²) < 4.78 is 0. The molecule has 4 heteroatoms. The lowest BCUT2D eigenvalue weighted by atomic mass is 10.0. The molecule has 19 heavy (non-hydrogen) atoms. The smallest absolute Gasteiger partial charge is 0.326 e. The van der Waals surface area contributed by atoms with Gasteiger partial charge in [-0.1, -0.05) is 36.4 Å². The fourth-order valence-electron chi connectivity index (χ4n) is 1.72. The Morgan fingerprint density at radius 3 is 1.95 bits per heavy atom. The van der Waals surface area contributed by atoms with Gasteiger partial charge in [0, 0.05) is 0 Å². The third kappa shape index (κ3) is 2.93. The molecule has 0 spiro atoms. The molecule has 0 saturated heterocycles. The maximum absolute atomic E-state index is 10.8. The minimum atomic E-state index is -1.06. The highest BCUT2D eigenvalue weighted by molar-refractivity contribution is 6.29. The first-order valence-electron chi connectivity index (χ1n) is 5.59. The second kappa shape index (κ2) is 5.55. The van der Waals surface area contributed by atoms with Crippen molar-refractivity contribution in [3.8, 4) is 17.2 Å². The number of hydrogen-bond acceptors (Lipinski definition) is 2. The number of aliphatic carboxylic acids is 1. The van der Waals surface area contributed by atoms with E-state index in [0.717, 1.165) is 11.1 Å². The van der Waals surface area contributed by atoms with Crippen LogP contribution in [0.1, 0.15) is 16.5 Å². The van der Waals surface area contributed by atoms with Crippen LogP contribution in [0.15, 0.2) is 48.5 Å². The summed E-state index contributed by atoms with van der Waals surface area (Å²) in [7, 11) is 0. The molecule has 2 aromatic carbocycles. The van der Waals surface area contributed by atoms with Crippen LogP contribution in [0.5, 0.6) is 0 Å². The molecular weight excluding hydrogens is 262 g/mol. The summed E-state index contributed by atoms with van der Waals surface area (Å²) in [6, 6.07) is 16.3. The summed E-state index contributed by atoms with van der Waals surface area (Å²) in [5, 5.41) is 16.5. The first kappa shape index (κ1) is 13.1. The Morgan fingerprint density at radius 2 is 1.53 bits per heavy atom. The molecule has 3 nitrogen and oxygen atoms in total. The van der Waals surface area contributed by atoms with Crippen LogP contribution < -0.4 is 0 Å². The molecule has 0 aliphatic rings. The summed E-state index contributed by atoms with van der Waals surface area (Å²) in [6.45, 7) is 0. The van der Waals surface area contributed by atoms with Crippen LogP contribution in [-0.2, 0) is 4.79 Å². The maximum Gasteiger partial charge on any atom is 0.326 e. The van der Waals surface area contributed by atoms with Gasteiger partial charge in [-0.15, -0.1) is 11.6 Å². The molecule has 0 amide bonds. The number of benzene rings is 2. The second-order valence-corrected chi connectivity index (χ2v) is 4.45. The van der Waals surface area contributed by atoms with E-state index in [9.17, 15) is 4.79 Å². The van der Waals surface area contributed by atoms with E-state index in [2.05, 4.69) is 6.07 Å². The van der Waals surface area contributed by atoms with Gasteiger partial charge < -0.3 is 5.11 Å². The summed E-state index contributed by atoms with van der Waals surface area (Å²) in [5.41, 5.74) is 3.06. The van der Waals surface area contributed by atoms with E-state index in [4.69, 9.17) is 22.0 Å². The van der Waals surface area contributed by atoms with Crippen molar-refractivity contribution < 1.29 is 9.90 Å². The molecule has 0 aliphatic carbocycles. The van der Waals surface area contributed by atoms with Crippen LogP contribution >= 0.6 is 11.6 Å². The quantitative estimate of drug-likeness (QED) is 0.868. The molecule has 2 rings (SSSR count). The normalized spacial score (nSPS) is 11.6. The molecule has 0 aliphatic heterocycles. The molecule has 0 heterocycles. The zero-order chi connectivity index (χ0) is 13.8. The largest absolute Gasteiger partial charge is 0.480 e. The van der Waals surface area contributed by atoms with Gasteiger partial charge in [-0.25, -0.2) is 0 Å². The Balaban J connectivity index is 2.27. The van der Waals surface area contributed by atoms with Crippen LogP contribution in [0, 0.1) is 11.3 Å². The lowest BCUT2D eigenvalue weighted by Crippen LogP contribution is -2.04. The van der Waals surface area contributed by atoms with E-state index >= 15 is 0 Å². The SMILES string of the molecule is N#Cc1ccc(-c2ccc(C(Cl)C(=O)O)cc2)cc1. The third-order valence-electron chi connectivity index (χ3n) is 2.77. The van der Waals surface area contributed by atoms with Crippen molar-refractivity contribution in [3.63, 3.8) is 0 Å². The van der Waals surface area contributed by atoms with Crippen LogP contribution in [0.2, 0.25) is 0 Å². The highest BCUT2D eigenvalue weighted by Gasteiger charge is 2.15. The van der Waals surface area contributed by atoms with Crippen LogP contribution in [0.3, 0.4) is 0 Å². The Bertz CT molecular complexity index is 627. The molecule has 0 radical (unpaired) electrons. The number of halogens is 1. The minimum absolute atomic E-state index is 0.548. The first-order valence-corrected chi connectivity index (χ1v) is 6.03. The number of carboxylic acid groups (broad SMARTS) is 1. The summed E-state index contributed by atoms with van der Waals surface area (Å²) in [4.78, 5) is 10.8. The fourth-order valence-corrected chi connectivity index (χ4v) is 1.87. The zero-order valence-corrected chi connectivity index (χ0v) is 10.6.